The maximum absolute atomic E-state index is 12.5. The van der Waals surface area contributed by atoms with E-state index < -0.39 is 21.5 Å². The highest BCUT2D eigenvalue weighted by molar-refractivity contribution is 7.89. The van der Waals surface area contributed by atoms with Gasteiger partial charge in [0.15, 0.2) is 5.60 Å². The molecule has 1 saturated heterocycles. The van der Waals surface area contributed by atoms with E-state index in [1.54, 1.807) is 6.92 Å². The van der Waals surface area contributed by atoms with Crippen molar-refractivity contribution in [3.63, 3.8) is 0 Å². The van der Waals surface area contributed by atoms with Crippen LogP contribution in [0.3, 0.4) is 0 Å². The first-order valence-corrected chi connectivity index (χ1v) is 9.37. The van der Waals surface area contributed by atoms with Crippen LogP contribution < -0.4 is 10.5 Å². The van der Waals surface area contributed by atoms with Crippen LogP contribution in [0.4, 0.5) is 5.69 Å². The number of carbonyl (C=O) groups excluding carboxylic acids is 2. The van der Waals surface area contributed by atoms with Crippen LogP contribution >= 0.6 is 0 Å². The average molecular weight is 354 g/mol. The summed E-state index contributed by atoms with van der Waals surface area (Å²) in [4.78, 5) is 24.3. The lowest BCUT2D eigenvalue weighted by atomic mass is 9.91. The van der Waals surface area contributed by atoms with Gasteiger partial charge in [-0.3, -0.25) is 9.59 Å². The molecule has 0 bridgehead atoms. The summed E-state index contributed by atoms with van der Waals surface area (Å²) in [5, 5.41) is 7.67. The lowest BCUT2D eigenvalue weighted by molar-refractivity contribution is -0.155. The van der Waals surface area contributed by atoms with Crippen LogP contribution in [0.25, 0.3) is 0 Å². The van der Waals surface area contributed by atoms with Gasteiger partial charge in [-0.15, -0.1) is 0 Å². The second kappa shape index (κ2) is 6.90. The Kier molecular flexibility index (Phi) is 5.29. The Bertz CT molecular complexity index is 729. The van der Waals surface area contributed by atoms with E-state index in [9.17, 15) is 18.0 Å². The normalized spacial score (nSPS) is 23.8. The number of nitrogens with one attached hydrogen (secondary N) is 1. The smallest absolute Gasteiger partial charge is 0.310 e. The molecule has 1 fully saturated rings. The number of cyclic esters (lactones) is 1. The molecule has 0 unspecified atom stereocenters. The van der Waals surface area contributed by atoms with Gasteiger partial charge in [0.25, 0.3) is 5.91 Å². The highest BCUT2D eigenvalue weighted by Crippen LogP contribution is 2.34. The summed E-state index contributed by atoms with van der Waals surface area (Å²) in [5.41, 5.74) is -0.810. The van der Waals surface area contributed by atoms with Crippen LogP contribution in [0.2, 0.25) is 0 Å². The van der Waals surface area contributed by atoms with Crippen molar-refractivity contribution >= 4 is 27.6 Å². The van der Waals surface area contributed by atoms with E-state index >= 15 is 0 Å². The predicted molar refractivity (Wildman–Crippen MR) is 88.6 cm³/mol. The number of ether oxygens (including phenoxy) is 1. The van der Waals surface area contributed by atoms with E-state index in [1.807, 2.05) is 6.92 Å². The van der Waals surface area contributed by atoms with Crippen LogP contribution in [0, 0.1) is 5.92 Å². The molecule has 3 N–H and O–H groups in total. The first-order valence-electron chi connectivity index (χ1n) is 7.83. The molecule has 2 atom stereocenters. The van der Waals surface area contributed by atoms with Crippen LogP contribution in [-0.4, -0.2) is 25.9 Å². The van der Waals surface area contributed by atoms with E-state index in [0.29, 0.717) is 18.5 Å². The van der Waals surface area contributed by atoms with Gasteiger partial charge in [0.05, 0.1) is 10.8 Å². The lowest BCUT2D eigenvalue weighted by Gasteiger charge is -2.21. The summed E-state index contributed by atoms with van der Waals surface area (Å²) in [6.07, 6.45) is 2.93. The van der Waals surface area contributed by atoms with Gasteiger partial charge in [0.1, 0.15) is 0 Å². The standard InChI is InChI=1S/C16H22N2O5S/c1-3-4-5-11-10-16(2,23-14(11)19)15(20)18-12-6-8-13(9-7-12)24(17,21)22/h6-9,11H,3-5,10H2,1-2H3,(H,18,20)(H2,17,21,22)/t11-,16+/m1/s1. The fraction of sp³-hybridized carbons (Fsp3) is 0.500. The molecule has 1 heterocycles. The first-order chi connectivity index (χ1) is 11.2. The summed E-state index contributed by atoms with van der Waals surface area (Å²) in [5.74, 6) is -1.03. The Morgan fingerprint density at radius 3 is 2.54 bits per heavy atom. The topological polar surface area (TPSA) is 116 Å². The number of rotatable bonds is 6. The van der Waals surface area contributed by atoms with Crippen LogP contribution in [0.5, 0.6) is 0 Å². The zero-order valence-corrected chi connectivity index (χ0v) is 14.6. The molecular formula is C16H22N2O5S. The van der Waals surface area contributed by atoms with Crippen molar-refractivity contribution < 1.29 is 22.7 Å². The average Bonchev–Trinajstić information content (AvgIpc) is 2.80. The molecule has 1 aromatic rings. The van der Waals surface area contributed by atoms with Crippen molar-refractivity contribution in [3.05, 3.63) is 24.3 Å². The third kappa shape index (κ3) is 4.12. The van der Waals surface area contributed by atoms with Gasteiger partial charge in [0.2, 0.25) is 10.0 Å². The SMILES string of the molecule is CCCC[C@@H]1C[C@@](C)(C(=O)Nc2ccc(S(N)(=O)=O)cc2)OC1=O. The van der Waals surface area contributed by atoms with Gasteiger partial charge in [-0.25, -0.2) is 13.6 Å². The number of hydrogen-bond donors (Lipinski definition) is 2. The number of primary sulfonamides is 1. The molecule has 8 heteroatoms. The third-order valence-electron chi connectivity index (χ3n) is 4.12. The number of unbranched alkanes of at least 4 members (excludes halogenated alkanes) is 1. The lowest BCUT2D eigenvalue weighted by Crippen LogP contribution is -2.39. The first kappa shape index (κ1) is 18.4. The fourth-order valence-electron chi connectivity index (χ4n) is 2.70. The second-order valence-corrected chi connectivity index (χ2v) is 7.78. The molecule has 0 radical (unpaired) electrons. The molecular weight excluding hydrogens is 332 g/mol. The zero-order chi connectivity index (χ0) is 18.0. The van der Waals surface area contributed by atoms with Crippen molar-refractivity contribution in [3.8, 4) is 0 Å². The van der Waals surface area contributed by atoms with Crippen molar-refractivity contribution in [1.29, 1.82) is 0 Å². The minimum absolute atomic E-state index is 0.0429. The maximum Gasteiger partial charge on any atom is 0.310 e. The summed E-state index contributed by atoms with van der Waals surface area (Å²) in [6.45, 7) is 3.63. The zero-order valence-electron chi connectivity index (χ0n) is 13.7. The number of sulfonamides is 1. The number of carbonyl (C=O) groups is 2. The summed E-state index contributed by atoms with van der Waals surface area (Å²) in [6, 6.07) is 5.48. The van der Waals surface area contributed by atoms with Crippen LogP contribution in [-0.2, 0) is 24.3 Å². The minimum Gasteiger partial charge on any atom is -0.449 e. The van der Waals surface area contributed by atoms with Crippen molar-refractivity contribution in [2.75, 3.05) is 5.32 Å². The van der Waals surface area contributed by atoms with E-state index in [4.69, 9.17) is 9.88 Å². The van der Waals surface area contributed by atoms with E-state index in [0.717, 1.165) is 12.8 Å². The third-order valence-corrected chi connectivity index (χ3v) is 5.05. The molecule has 0 spiro atoms. The van der Waals surface area contributed by atoms with Crippen molar-refractivity contribution in [2.24, 2.45) is 11.1 Å². The molecule has 1 amide bonds. The number of anilines is 1. The highest BCUT2D eigenvalue weighted by atomic mass is 32.2. The van der Waals surface area contributed by atoms with Crippen LogP contribution in [0.1, 0.15) is 39.5 Å². The van der Waals surface area contributed by atoms with E-state index in [-0.39, 0.29) is 16.8 Å². The molecule has 0 saturated carbocycles. The molecule has 0 aromatic heterocycles. The second-order valence-electron chi connectivity index (χ2n) is 6.22. The molecule has 132 valence electrons. The van der Waals surface area contributed by atoms with Gasteiger partial charge >= 0.3 is 5.97 Å². The number of benzene rings is 1. The molecule has 0 aliphatic carbocycles. The Balaban J connectivity index is 2.05. The number of nitrogens with two attached hydrogens (primary N) is 1. The molecule has 1 aliphatic heterocycles. The monoisotopic (exact) mass is 354 g/mol. The van der Waals surface area contributed by atoms with Gasteiger partial charge in [0, 0.05) is 12.1 Å². The Hall–Kier alpha value is -1.93. The van der Waals surface area contributed by atoms with Crippen molar-refractivity contribution in [1.82, 2.24) is 0 Å². The van der Waals surface area contributed by atoms with Gasteiger partial charge in [-0.2, -0.15) is 0 Å². The summed E-state index contributed by atoms with van der Waals surface area (Å²) >= 11 is 0. The maximum atomic E-state index is 12.5. The van der Waals surface area contributed by atoms with Gasteiger partial charge in [-0.1, -0.05) is 19.8 Å². The minimum atomic E-state index is -3.78. The molecule has 1 aliphatic rings. The quantitative estimate of drug-likeness (QED) is 0.756. The van der Waals surface area contributed by atoms with Crippen molar-refractivity contribution in [2.45, 2.75) is 50.0 Å². The summed E-state index contributed by atoms with van der Waals surface area (Å²) in [7, 11) is -3.78. The highest BCUT2D eigenvalue weighted by Gasteiger charge is 2.48. The Labute approximate surface area is 141 Å². The molecule has 2 rings (SSSR count). The van der Waals surface area contributed by atoms with Crippen LogP contribution in [0.15, 0.2) is 29.2 Å². The largest absolute Gasteiger partial charge is 0.449 e. The molecule has 24 heavy (non-hydrogen) atoms. The number of amides is 1. The predicted octanol–water partition coefficient (Wildman–Crippen LogP) is 1.78. The Morgan fingerprint density at radius 1 is 1.38 bits per heavy atom. The Morgan fingerprint density at radius 2 is 2.00 bits per heavy atom. The van der Waals surface area contributed by atoms with E-state index in [1.165, 1.54) is 24.3 Å². The molecule has 7 nitrogen and oxygen atoms in total. The number of hydrogen-bond acceptors (Lipinski definition) is 5. The summed E-state index contributed by atoms with van der Waals surface area (Å²) < 4.78 is 27.7. The fourth-order valence-corrected chi connectivity index (χ4v) is 3.22. The molecule has 1 aromatic carbocycles. The van der Waals surface area contributed by atoms with Gasteiger partial charge < -0.3 is 10.1 Å². The number of esters is 1. The van der Waals surface area contributed by atoms with E-state index in [2.05, 4.69) is 5.32 Å². The van der Waals surface area contributed by atoms with Gasteiger partial charge in [-0.05, 0) is 37.6 Å².